The fourth-order valence-corrected chi connectivity index (χ4v) is 2.61. The monoisotopic (exact) mass is 387 g/mol. The first-order valence-electron chi connectivity index (χ1n) is 8.83. The highest BCUT2D eigenvalue weighted by molar-refractivity contribution is 7.80. The Morgan fingerprint density at radius 3 is 2.30 bits per heavy atom. The van der Waals surface area contributed by atoms with Gasteiger partial charge in [0.15, 0.2) is 11.7 Å². The maximum atomic E-state index is 11.9. The van der Waals surface area contributed by atoms with Gasteiger partial charge in [0, 0.05) is 5.69 Å². The molecular formula is C20H25N3O3S. The molecule has 0 bridgehead atoms. The number of hydrogen-bond donors (Lipinski definition) is 3. The Bertz CT molecular complexity index is 779. The summed E-state index contributed by atoms with van der Waals surface area (Å²) in [7, 11) is 0. The van der Waals surface area contributed by atoms with Crippen LogP contribution in [0.1, 0.15) is 25.0 Å². The molecule has 2 aromatic carbocycles. The third-order valence-electron chi connectivity index (χ3n) is 3.80. The molecule has 0 heterocycles. The van der Waals surface area contributed by atoms with Gasteiger partial charge in [-0.05, 0) is 67.9 Å². The van der Waals surface area contributed by atoms with Crippen molar-refractivity contribution in [2.24, 2.45) is 0 Å². The zero-order valence-electron chi connectivity index (χ0n) is 15.8. The lowest BCUT2D eigenvalue weighted by Crippen LogP contribution is -2.45. The molecule has 0 aliphatic rings. The normalized spacial score (nSPS) is 10.0. The number of amides is 1. The van der Waals surface area contributed by atoms with Gasteiger partial charge in [-0.3, -0.25) is 15.6 Å². The van der Waals surface area contributed by atoms with Crippen LogP contribution in [0.25, 0.3) is 0 Å². The molecule has 27 heavy (non-hydrogen) atoms. The van der Waals surface area contributed by atoms with Gasteiger partial charge in [0.25, 0.3) is 5.91 Å². The van der Waals surface area contributed by atoms with Crippen molar-refractivity contribution in [1.29, 1.82) is 0 Å². The Balaban J connectivity index is 1.77. The van der Waals surface area contributed by atoms with Crippen molar-refractivity contribution >= 4 is 28.9 Å². The predicted molar refractivity (Wildman–Crippen MR) is 111 cm³/mol. The lowest BCUT2D eigenvalue weighted by Gasteiger charge is -2.16. The predicted octanol–water partition coefficient (Wildman–Crippen LogP) is 3.35. The molecular weight excluding hydrogens is 362 g/mol. The molecule has 2 aromatic rings. The van der Waals surface area contributed by atoms with Gasteiger partial charge in [0.1, 0.15) is 11.5 Å². The quantitative estimate of drug-likeness (QED) is 0.500. The number of nitrogens with one attached hydrogen (secondary N) is 3. The van der Waals surface area contributed by atoms with E-state index < -0.39 is 0 Å². The lowest BCUT2D eigenvalue weighted by molar-refractivity contribution is -0.123. The molecule has 0 saturated heterocycles. The minimum atomic E-state index is -0.339. The van der Waals surface area contributed by atoms with Crippen LogP contribution in [-0.2, 0) is 11.2 Å². The summed E-state index contributed by atoms with van der Waals surface area (Å²) < 4.78 is 10.8. The molecule has 0 aliphatic carbocycles. The van der Waals surface area contributed by atoms with Crippen LogP contribution < -0.4 is 25.6 Å². The number of thiocarbonyl (C=S) groups is 1. The number of ether oxygens (including phenoxy) is 2. The number of para-hydroxylation sites is 1. The number of hydrazine groups is 1. The van der Waals surface area contributed by atoms with Crippen molar-refractivity contribution in [2.45, 2.75) is 27.2 Å². The van der Waals surface area contributed by atoms with Crippen LogP contribution in [0.3, 0.4) is 0 Å². The molecule has 0 radical (unpaired) electrons. The number of aryl methyl sites for hydroxylation is 2. The standard InChI is InChI=1S/C20H25N3O3S/c1-4-15-8-6-7-14(3)19(15)21-20(27)23-22-18(24)13-26-17-11-9-16(10-12-17)25-5-2/h6-12H,4-5,13H2,1-3H3,(H,22,24)(H2,21,23,27). The summed E-state index contributed by atoms with van der Waals surface area (Å²) in [6.07, 6.45) is 0.884. The van der Waals surface area contributed by atoms with Crippen molar-refractivity contribution in [1.82, 2.24) is 10.9 Å². The molecule has 144 valence electrons. The van der Waals surface area contributed by atoms with Crippen LogP contribution in [-0.4, -0.2) is 24.2 Å². The van der Waals surface area contributed by atoms with E-state index in [1.807, 2.05) is 32.0 Å². The average Bonchev–Trinajstić information content (AvgIpc) is 2.67. The summed E-state index contributed by atoms with van der Waals surface area (Å²) in [5.41, 5.74) is 8.41. The van der Waals surface area contributed by atoms with E-state index in [0.717, 1.165) is 29.0 Å². The fraction of sp³-hybridized carbons (Fsp3) is 0.300. The van der Waals surface area contributed by atoms with Crippen molar-refractivity contribution in [3.05, 3.63) is 53.6 Å². The molecule has 0 fully saturated rings. The average molecular weight is 388 g/mol. The molecule has 3 N–H and O–H groups in total. The number of anilines is 1. The Hall–Kier alpha value is -2.80. The fourth-order valence-electron chi connectivity index (χ4n) is 2.46. The largest absolute Gasteiger partial charge is 0.494 e. The topological polar surface area (TPSA) is 71.6 Å². The third kappa shape index (κ3) is 6.45. The van der Waals surface area contributed by atoms with Crippen molar-refractivity contribution in [3.63, 3.8) is 0 Å². The first-order chi connectivity index (χ1) is 13.0. The van der Waals surface area contributed by atoms with Crippen molar-refractivity contribution in [3.8, 4) is 11.5 Å². The SMILES string of the molecule is CCOc1ccc(OCC(=O)NNC(=S)Nc2c(C)cccc2CC)cc1. The first-order valence-corrected chi connectivity index (χ1v) is 9.24. The molecule has 0 spiro atoms. The molecule has 2 rings (SSSR count). The summed E-state index contributed by atoms with van der Waals surface area (Å²) in [6, 6.07) is 13.2. The highest BCUT2D eigenvalue weighted by Crippen LogP contribution is 2.21. The van der Waals surface area contributed by atoms with E-state index in [0.29, 0.717) is 17.5 Å². The zero-order valence-corrected chi connectivity index (χ0v) is 16.6. The molecule has 0 aliphatic heterocycles. The summed E-state index contributed by atoms with van der Waals surface area (Å²) in [6.45, 7) is 6.48. The van der Waals surface area contributed by atoms with Crippen LogP contribution in [0.5, 0.6) is 11.5 Å². The smallest absolute Gasteiger partial charge is 0.276 e. The maximum Gasteiger partial charge on any atom is 0.276 e. The van der Waals surface area contributed by atoms with Gasteiger partial charge in [0.05, 0.1) is 6.61 Å². The Kier molecular flexibility index (Phi) is 7.88. The number of benzene rings is 2. The van der Waals surface area contributed by atoms with Crippen molar-refractivity contribution in [2.75, 3.05) is 18.5 Å². The van der Waals surface area contributed by atoms with E-state index in [-0.39, 0.29) is 12.5 Å². The van der Waals surface area contributed by atoms with Gasteiger partial charge in [-0.25, -0.2) is 0 Å². The minimum Gasteiger partial charge on any atom is -0.494 e. The first kappa shape index (κ1) is 20.5. The maximum absolute atomic E-state index is 11.9. The van der Waals surface area contributed by atoms with Gasteiger partial charge in [-0.2, -0.15) is 0 Å². The molecule has 6 nitrogen and oxygen atoms in total. The summed E-state index contributed by atoms with van der Waals surface area (Å²) in [5, 5.41) is 3.44. The van der Waals surface area contributed by atoms with E-state index in [4.69, 9.17) is 21.7 Å². The van der Waals surface area contributed by atoms with E-state index in [1.54, 1.807) is 24.3 Å². The summed E-state index contributed by atoms with van der Waals surface area (Å²) in [5.74, 6) is 1.00. The van der Waals surface area contributed by atoms with Gasteiger partial charge in [-0.1, -0.05) is 25.1 Å². The van der Waals surface area contributed by atoms with Crippen LogP contribution in [0.15, 0.2) is 42.5 Å². The minimum absolute atomic E-state index is 0.131. The van der Waals surface area contributed by atoms with Crippen LogP contribution >= 0.6 is 12.2 Å². The molecule has 0 unspecified atom stereocenters. The number of rotatable bonds is 7. The van der Waals surface area contributed by atoms with Crippen molar-refractivity contribution < 1.29 is 14.3 Å². The Labute approximate surface area is 165 Å². The van der Waals surface area contributed by atoms with Crippen LogP contribution in [0, 0.1) is 6.92 Å². The zero-order chi connectivity index (χ0) is 19.6. The highest BCUT2D eigenvalue weighted by Gasteiger charge is 2.08. The second kappa shape index (κ2) is 10.4. The Morgan fingerprint density at radius 1 is 1.00 bits per heavy atom. The van der Waals surface area contributed by atoms with Crippen LogP contribution in [0.2, 0.25) is 0 Å². The second-order valence-electron chi connectivity index (χ2n) is 5.78. The third-order valence-corrected chi connectivity index (χ3v) is 4.00. The number of hydrogen-bond acceptors (Lipinski definition) is 4. The van der Waals surface area contributed by atoms with Gasteiger partial charge >= 0.3 is 0 Å². The molecule has 0 aromatic heterocycles. The molecule has 0 atom stereocenters. The molecule has 1 amide bonds. The van der Waals surface area contributed by atoms with E-state index in [1.165, 1.54) is 0 Å². The van der Waals surface area contributed by atoms with Gasteiger partial charge < -0.3 is 14.8 Å². The molecule has 0 saturated carbocycles. The van der Waals surface area contributed by atoms with Gasteiger partial charge in [-0.15, -0.1) is 0 Å². The Morgan fingerprint density at radius 2 is 1.67 bits per heavy atom. The lowest BCUT2D eigenvalue weighted by atomic mass is 10.1. The second-order valence-corrected chi connectivity index (χ2v) is 6.19. The van der Waals surface area contributed by atoms with Crippen LogP contribution in [0.4, 0.5) is 5.69 Å². The summed E-state index contributed by atoms with van der Waals surface area (Å²) in [4.78, 5) is 11.9. The number of carbonyl (C=O) groups is 1. The van der Waals surface area contributed by atoms with Gasteiger partial charge in [0.2, 0.25) is 0 Å². The summed E-state index contributed by atoms with van der Waals surface area (Å²) >= 11 is 5.25. The highest BCUT2D eigenvalue weighted by atomic mass is 32.1. The molecule has 7 heteroatoms. The van der Waals surface area contributed by atoms with E-state index >= 15 is 0 Å². The van der Waals surface area contributed by atoms with E-state index in [9.17, 15) is 4.79 Å². The number of carbonyl (C=O) groups excluding carboxylic acids is 1. The van der Waals surface area contributed by atoms with E-state index in [2.05, 4.69) is 23.1 Å².